The highest BCUT2D eigenvalue weighted by atomic mass is 79.9. The number of hydrogen-bond donors (Lipinski definition) is 2. The van der Waals surface area contributed by atoms with Crippen LogP contribution in [0.2, 0.25) is 0 Å². The first-order chi connectivity index (χ1) is 8.45. The summed E-state index contributed by atoms with van der Waals surface area (Å²) < 4.78 is 13.4. The summed E-state index contributed by atoms with van der Waals surface area (Å²) in [6, 6.07) is 2.14. The smallest absolute Gasteiger partial charge is 0.295 e. The Hall–Kier alpha value is -1.21. The van der Waals surface area contributed by atoms with E-state index in [0.717, 1.165) is 12.5 Å². The van der Waals surface area contributed by atoms with Crippen LogP contribution in [-0.2, 0) is 0 Å². The van der Waals surface area contributed by atoms with Gasteiger partial charge in [-0.25, -0.2) is 4.39 Å². The lowest BCUT2D eigenvalue weighted by Crippen LogP contribution is -2.19. The number of nitro groups is 1. The van der Waals surface area contributed by atoms with Crippen LogP contribution in [0, 0.1) is 15.9 Å². The molecule has 1 atom stereocenters. The van der Waals surface area contributed by atoms with Crippen molar-refractivity contribution in [1.82, 2.24) is 0 Å². The van der Waals surface area contributed by atoms with Crippen molar-refractivity contribution in [3.05, 3.63) is 32.5 Å². The van der Waals surface area contributed by atoms with Crippen LogP contribution in [0.3, 0.4) is 0 Å². The summed E-state index contributed by atoms with van der Waals surface area (Å²) in [5, 5.41) is 23.1. The number of hydrogen-bond acceptors (Lipinski definition) is 4. The van der Waals surface area contributed by atoms with Gasteiger partial charge in [0.25, 0.3) is 5.69 Å². The SMILES string of the molecule is CCCC(O)CNc1cc(Br)c(F)cc1[N+](=O)[O-]. The van der Waals surface area contributed by atoms with Crippen molar-refractivity contribution < 1.29 is 14.4 Å². The predicted molar refractivity (Wildman–Crippen MR) is 70.2 cm³/mol. The Morgan fingerprint density at radius 1 is 1.61 bits per heavy atom. The molecule has 1 aromatic rings. The molecule has 18 heavy (non-hydrogen) atoms. The van der Waals surface area contributed by atoms with Crippen LogP contribution in [0.1, 0.15) is 19.8 Å². The third-order valence-electron chi connectivity index (χ3n) is 2.39. The van der Waals surface area contributed by atoms with Crippen molar-refractivity contribution >= 4 is 27.3 Å². The molecule has 0 saturated heterocycles. The number of nitrogens with one attached hydrogen (secondary N) is 1. The van der Waals surface area contributed by atoms with E-state index in [9.17, 15) is 19.6 Å². The Morgan fingerprint density at radius 3 is 2.83 bits per heavy atom. The summed E-state index contributed by atoms with van der Waals surface area (Å²) in [6.07, 6.45) is 0.833. The molecule has 1 aromatic carbocycles. The van der Waals surface area contributed by atoms with Gasteiger partial charge in [0.1, 0.15) is 11.5 Å². The van der Waals surface area contributed by atoms with E-state index in [1.165, 1.54) is 6.07 Å². The van der Waals surface area contributed by atoms with E-state index in [2.05, 4.69) is 21.2 Å². The summed E-state index contributed by atoms with van der Waals surface area (Å²) in [5.74, 6) is -0.693. The zero-order valence-corrected chi connectivity index (χ0v) is 11.4. The number of halogens is 2. The summed E-state index contributed by atoms with van der Waals surface area (Å²) in [6.45, 7) is 2.12. The number of nitro benzene ring substituents is 1. The maximum absolute atomic E-state index is 13.2. The number of aliphatic hydroxyl groups excluding tert-OH is 1. The second kappa shape index (κ2) is 6.65. The largest absolute Gasteiger partial charge is 0.391 e. The molecular formula is C11H14BrFN2O3. The van der Waals surface area contributed by atoms with Crippen LogP contribution in [-0.4, -0.2) is 22.7 Å². The average molecular weight is 321 g/mol. The number of anilines is 1. The van der Waals surface area contributed by atoms with Crippen LogP contribution in [0.4, 0.5) is 15.8 Å². The number of aliphatic hydroxyl groups is 1. The average Bonchev–Trinajstić information content (AvgIpc) is 2.30. The van der Waals surface area contributed by atoms with Gasteiger partial charge < -0.3 is 10.4 Å². The first-order valence-electron chi connectivity index (χ1n) is 5.51. The van der Waals surface area contributed by atoms with Crippen LogP contribution >= 0.6 is 15.9 Å². The van der Waals surface area contributed by atoms with E-state index >= 15 is 0 Å². The van der Waals surface area contributed by atoms with E-state index in [1.807, 2.05) is 6.92 Å². The molecule has 0 fully saturated rings. The summed E-state index contributed by atoms with van der Waals surface area (Å²) >= 11 is 2.97. The molecule has 0 aliphatic heterocycles. The van der Waals surface area contributed by atoms with Crippen LogP contribution in [0.5, 0.6) is 0 Å². The van der Waals surface area contributed by atoms with Gasteiger partial charge in [0.05, 0.1) is 21.6 Å². The molecular weight excluding hydrogens is 307 g/mol. The lowest BCUT2D eigenvalue weighted by molar-refractivity contribution is -0.384. The first-order valence-corrected chi connectivity index (χ1v) is 6.30. The van der Waals surface area contributed by atoms with E-state index in [4.69, 9.17) is 0 Å². The van der Waals surface area contributed by atoms with Crippen molar-refractivity contribution in [2.45, 2.75) is 25.9 Å². The molecule has 5 nitrogen and oxygen atoms in total. The minimum absolute atomic E-state index is 0.139. The maximum Gasteiger partial charge on any atom is 0.295 e. The Morgan fingerprint density at radius 2 is 2.28 bits per heavy atom. The van der Waals surface area contributed by atoms with Crippen molar-refractivity contribution in [2.24, 2.45) is 0 Å². The monoisotopic (exact) mass is 320 g/mol. The Kier molecular flexibility index (Phi) is 5.49. The second-order valence-electron chi connectivity index (χ2n) is 3.86. The van der Waals surface area contributed by atoms with E-state index in [-0.39, 0.29) is 22.4 Å². The highest BCUT2D eigenvalue weighted by molar-refractivity contribution is 9.10. The van der Waals surface area contributed by atoms with Gasteiger partial charge in [-0.3, -0.25) is 10.1 Å². The Bertz CT molecular complexity index is 443. The molecule has 0 radical (unpaired) electrons. The topological polar surface area (TPSA) is 75.4 Å². The minimum Gasteiger partial charge on any atom is -0.391 e. The predicted octanol–water partition coefficient (Wildman–Crippen LogP) is 3.07. The fraction of sp³-hybridized carbons (Fsp3) is 0.455. The van der Waals surface area contributed by atoms with Crippen molar-refractivity contribution in [3.63, 3.8) is 0 Å². The van der Waals surface area contributed by atoms with Gasteiger partial charge in [0.2, 0.25) is 0 Å². The van der Waals surface area contributed by atoms with Gasteiger partial charge in [-0.05, 0) is 28.4 Å². The number of rotatable bonds is 6. The quantitative estimate of drug-likeness (QED) is 0.624. The molecule has 1 unspecified atom stereocenters. The number of benzene rings is 1. The van der Waals surface area contributed by atoms with Gasteiger partial charge in [0, 0.05) is 6.54 Å². The van der Waals surface area contributed by atoms with Gasteiger partial charge in [-0.15, -0.1) is 0 Å². The molecule has 0 spiro atoms. The molecule has 1 rings (SSSR count). The standard InChI is InChI=1S/C11H14BrFN2O3/c1-2-3-7(16)6-14-10-4-8(12)9(13)5-11(10)15(17)18/h4-5,7,14,16H,2-3,6H2,1H3. The summed E-state index contributed by atoms with van der Waals surface area (Å²) in [4.78, 5) is 10.1. The van der Waals surface area contributed by atoms with E-state index in [1.54, 1.807) is 0 Å². The molecule has 0 amide bonds. The molecule has 0 aromatic heterocycles. The zero-order chi connectivity index (χ0) is 13.7. The first kappa shape index (κ1) is 14.8. The molecule has 2 N–H and O–H groups in total. The molecule has 0 aliphatic rings. The summed E-state index contributed by atoms with van der Waals surface area (Å²) in [7, 11) is 0. The zero-order valence-electron chi connectivity index (χ0n) is 9.82. The fourth-order valence-corrected chi connectivity index (χ4v) is 1.84. The van der Waals surface area contributed by atoms with E-state index < -0.39 is 16.8 Å². The van der Waals surface area contributed by atoms with Crippen molar-refractivity contribution in [2.75, 3.05) is 11.9 Å². The minimum atomic E-state index is -0.693. The lowest BCUT2D eigenvalue weighted by atomic mass is 10.2. The van der Waals surface area contributed by atoms with Crippen LogP contribution in [0.15, 0.2) is 16.6 Å². The van der Waals surface area contributed by atoms with Crippen LogP contribution < -0.4 is 5.32 Å². The fourth-order valence-electron chi connectivity index (χ4n) is 1.49. The molecule has 0 heterocycles. The third-order valence-corrected chi connectivity index (χ3v) is 2.99. The highest BCUT2D eigenvalue weighted by Crippen LogP contribution is 2.30. The van der Waals surface area contributed by atoms with Gasteiger partial charge in [-0.1, -0.05) is 13.3 Å². The third kappa shape index (κ3) is 3.92. The van der Waals surface area contributed by atoms with Gasteiger partial charge >= 0.3 is 0 Å². The maximum atomic E-state index is 13.2. The highest BCUT2D eigenvalue weighted by Gasteiger charge is 2.18. The Balaban J connectivity index is 2.86. The van der Waals surface area contributed by atoms with E-state index in [0.29, 0.717) is 6.42 Å². The Labute approximate surface area is 112 Å². The van der Waals surface area contributed by atoms with Crippen molar-refractivity contribution in [1.29, 1.82) is 0 Å². The summed E-state index contributed by atoms with van der Waals surface area (Å²) in [5.41, 5.74) is -0.164. The molecule has 0 aliphatic carbocycles. The molecule has 7 heteroatoms. The van der Waals surface area contributed by atoms with Crippen LogP contribution in [0.25, 0.3) is 0 Å². The van der Waals surface area contributed by atoms with Gasteiger partial charge in [-0.2, -0.15) is 0 Å². The molecule has 0 saturated carbocycles. The molecule has 100 valence electrons. The second-order valence-corrected chi connectivity index (χ2v) is 4.72. The van der Waals surface area contributed by atoms with Crippen molar-refractivity contribution in [3.8, 4) is 0 Å². The molecule has 0 bridgehead atoms. The lowest BCUT2D eigenvalue weighted by Gasteiger charge is -2.12. The van der Waals surface area contributed by atoms with Gasteiger partial charge in [0.15, 0.2) is 0 Å². The normalized spacial score (nSPS) is 12.2. The number of nitrogens with zero attached hydrogens (tertiary/aromatic N) is 1.